The van der Waals surface area contributed by atoms with Crippen LogP contribution in [-0.4, -0.2) is 28.3 Å². The smallest absolute Gasteiger partial charge is 0.111 e. The predicted molar refractivity (Wildman–Crippen MR) is 80.7 cm³/mol. The lowest BCUT2D eigenvalue weighted by Gasteiger charge is -2.18. The maximum atomic E-state index is 6.32. The van der Waals surface area contributed by atoms with Crippen LogP contribution < -0.4 is 5.73 Å². The highest BCUT2D eigenvalue weighted by molar-refractivity contribution is 5.75. The van der Waals surface area contributed by atoms with Crippen molar-refractivity contribution in [2.75, 3.05) is 6.61 Å². The molecule has 2 unspecified atom stereocenters. The minimum atomic E-state index is 0.0462. The van der Waals surface area contributed by atoms with Crippen LogP contribution >= 0.6 is 0 Å². The number of para-hydroxylation sites is 2. The Bertz CT molecular complexity index is 572. The fourth-order valence-electron chi connectivity index (χ4n) is 3.04. The maximum Gasteiger partial charge on any atom is 0.111 e. The molecule has 2 aromatic rings. The first-order chi connectivity index (χ1) is 9.79. The van der Waals surface area contributed by atoms with E-state index in [9.17, 15) is 0 Å². The van der Waals surface area contributed by atoms with E-state index in [1.807, 2.05) is 6.07 Å². The van der Waals surface area contributed by atoms with Crippen molar-refractivity contribution in [1.29, 1.82) is 0 Å². The first-order valence-electron chi connectivity index (χ1n) is 7.61. The quantitative estimate of drug-likeness (QED) is 0.910. The van der Waals surface area contributed by atoms with Crippen LogP contribution in [0, 0.1) is 0 Å². The number of fused-ring (bicyclic) bond motifs is 1. The average Bonchev–Trinajstić information content (AvgIpc) is 3.08. The summed E-state index contributed by atoms with van der Waals surface area (Å²) in [5, 5.41) is 0. The highest BCUT2D eigenvalue weighted by Crippen LogP contribution is 2.21. The normalized spacial score (nSPS) is 20.6. The zero-order chi connectivity index (χ0) is 13.9. The zero-order valence-corrected chi connectivity index (χ0v) is 12.1. The van der Waals surface area contributed by atoms with Crippen molar-refractivity contribution in [3.8, 4) is 0 Å². The van der Waals surface area contributed by atoms with Gasteiger partial charge >= 0.3 is 0 Å². The molecule has 0 radical (unpaired) electrons. The number of imidazole rings is 1. The molecule has 3 rings (SSSR count). The van der Waals surface area contributed by atoms with E-state index in [-0.39, 0.29) is 12.1 Å². The van der Waals surface area contributed by atoms with Crippen molar-refractivity contribution in [2.45, 2.75) is 51.3 Å². The summed E-state index contributed by atoms with van der Waals surface area (Å²) in [7, 11) is 0. The fraction of sp³-hybridized carbons (Fsp3) is 0.562. The Morgan fingerprint density at radius 1 is 1.45 bits per heavy atom. The average molecular weight is 273 g/mol. The SMILES string of the molecule is CCCn1c(CC(N)C2CCCO2)nc2ccccc21. The molecule has 2 N–H and O–H groups in total. The molecular weight excluding hydrogens is 250 g/mol. The summed E-state index contributed by atoms with van der Waals surface area (Å²) >= 11 is 0. The molecule has 1 fully saturated rings. The van der Waals surface area contributed by atoms with Crippen molar-refractivity contribution in [2.24, 2.45) is 5.73 Å². The van der Waals surface area contributed by atoms with Gasteiger partial charge in [0.15, 0.2) is 0 Å². The monoisotopic (exact) mass is 273 g/mol. The third-order valence-electron chi connectivity index (χ3n) is 4.04. The zero-order valence-electron chi connectivity index (χ0n) is 12.1. The molecule has 0 saturated carbocycles. The minimum Gasteiger partial charge on any atom is -0.377 e. The number of aryl methyl sites for hydroxylation is 1. The summed E-state index contributed by atoms with van der Waals surface area (Å²) < 4.78 is 8.01. The first-order valence-corrected chi connectivity index (χ1v) is 7.61. The van der Waals surface area contributed by atoms with Gasteiger partial charge in [0.05, 0.1) is 17.1 Å². The molecule has 4 heteroatoms. The van der Waals surface area contributed by atoms with Crippen LogP contribution in [0.3, 0.4) is 0 Å². The number of rotatable bonds is 5. The van der Waals surface area contributed by atoms with E-state index in [2.05, 4.69) is 29.7 Å². The van der Waals surface area contributed by atoms with Crippen molar-refractivity contribution in [3.63, 3.8) is 0 Å². The van der Waals surface area contributed by atoms with Gasteiger partial charge in [0.2, 0.25) is 0 Å². The molecule has 108 valence electrons. The van der Waals surface area contributed by atoms with Crippen LogP contribution in [0.25, 0.3) is 11.0 Å². The molecule has 4 nitrogen and oxygen atoms in total. The number of nitrogens with two attached hydrogens (primary N) is 1. The highest BCUT2D eigenvalue weighted by Gasteiger charge is 2.24. The van der Waals surface area contributed by atoms with Crippen molar-refractivity contribution in [3.05, 3.63) is 30.1 Å². The second-order valence-electron chi connectivity index (χ2n) is 5.59. The molecule has 0 spiro atoms. The van der Waals surface area contributed by atoms with E-state index < -0.39 is 0 Å². The van der Waals surface area contributed by atoms with Crippen LogP contribution in [0.2, 0.25) is 0 Å². The number of nitrogens with zero attached hydrogens (tertiary/aromatic N) is 2. The van der Waals surface area contributed by atoms with Crippen LogP contribution in [0.5, 0.6) is 0 Å². The number of aromatic nitrogens is 2. The van der Waals surface area contributed by atoms with Gasteiger partial charge in [0.1, 0.15) is 5.82 Å². The van der Waals surface area contributed by atoms with E-state index in [1.165, 1.54) is 5.52 Å². The lowest BCUT2D eigenvalue weighted by molar-refractivity contribution is 0.0892. The van der Waals surface area contributed by atoms with E-state index in [0.29, 0.717) is 0 Å². The van der Waals surface area contributed by atoms with Gasteiger partial charge in [-0.05, 0) is 31.4 Å². The van der Waals surface area contributed by atoms with Crippen LogP contribution in [0.1, 0.15) is 32.0 Å². The van der Waals surface area contributed by atoms with Crippen molar-refractivity contribution in [1.82, 2.24) is 9.55 Å². The van der Waals surface area contributed by atoms with Crippen molar-refractivity contribution < 1.29 is 4.74 Å². The van der Waals surface area contributed by atoms with Gasteiger partial charge in [-0.25, -0.2) is 4.98 Å². The van der Waals surface area contributed by atoms with Gasteiger partial charge in [-0.2, -0.15) is 0 Å². The third-order valence-corrected chi connectivity index (χ3v) is 4.04. The second-order valence-corrected chi connectivity index (χ2v) is 5.59. The summed E-state index contributed by atoms with van der Waals surface area (Å²) in [6.45, 7) is 4.04. The van der Waals surface area contributed by atoms with Crippen LogP contribution in [0.4, 0.5) is 0 Å². The van der Waals surface area contributed by atoms with Gasteiger partial charge in [0.25, 0.3) is 0 Å². The molecule has 2 atom stereocenters. The third kappa shape index (κ3) is 2.58. The molecule has 1 aliphatic heterocycles. The molecule has 0 aliphatic carbocycles. The summed E-state index contributed by atoms with van der Waals surface area (Å²) in [6.07, 6.45) is 4.30. The Morgan fingerprint density at radius 2 is 2.30 bits per heavy atom. The van der Waals surface area contributed by atoms with Gasteiger partial charge in [-0.15, -0.1) is 0 Å². The Labute approximate surface area is 119 Å². The largest absolute Gasteiger partial charge is 0.377 e. The molecular formula is C16H23N3O. The van der Waals surface area contributed by atoms with Gasteiger partial charge in [0, 0.05) is 25.6 Å². The Hall–Kier alpha value is -1.39. The Balaban J connectivity index is 1.87. The molecule has 0 amide bonds. The van der Waals surface area contributed by atoms with E-state index in [4.69, 9.17) is 15.5 Å². The van der Waals surface area contributed by atoms with Gasteiger partial charge < -0.3 is 15.0 Å². The van der Waals surface area contributed by atoms with Gasteiger partial charge in [-0.3, -0.25) is 0 Å². The standard InChI is InChI=1S/C16H23N3O/c1-2-9-19-14-7-4-3-6-13(14)18-16(19)11-12(17)15-8-5-10-20-15/h3-4,6-7,12,15H,2,5,8-11,17H2,1H3. The number of hydrogen-bond acceptors (Lipinski definition) is 3. The molecule has 20 heavy (non-hydrogen) atoms. The Kier molecular flexibility index (Phi) is 4.03. The van der Waals surface area contributed by atoms with Crippen molar-refractivity contribution >= 4 is 11.0 Å². The fourth-order valence-corrected chi connectivity index (χ4v) is 3.04. The molecule has 1 saturated heterocycles. The second kappa shape index (κ2) is 5.94. The summed E-state index contributed by atoms with van der Waals surface area (Å²) in [5.74, 6) is 1.09. The van der Waals surface area contributed by atoms with Crippen LogP contribution in [-0.2, 0) is 17.7 Å². The van der Waals surface area contributed by atoms with Crippen LogP contribution in [0.15, 0.2) is 24.3 Å². The molecule has 1 aliphatic rings. The number of benzene rings is 1. The number of ether oxygens (including phenoxy) is 1. The van der Waals surface area contributed by atoms with E-state index in [1.54, 1.807) is 0 Å². The highest BCUT2D eigenvalue weighted by atomic mass is 16.5. The Morgan fingerprint density at radius 3 is 3.05 bits per heavy atom. The maximum absolute atomic E-state index is 6.32. The minimum absolute atomic E-state index is 0.0462. The molecule has 0 bridgehead atoms. The lowest BCUT2D eigenvalue weighted by atomic mass is 10.1. The molecule has 2 heterocycles. The molecule has 1 aromatic heterocycles. The summed E-state index contributed by atoms with van der Waals surface area (Å²) in [6, 6.07) is 8.36. The molecule has 1 aromatic carbocycles. The summed E-state index contributed by atoms with van der Waals surface area (Å²) in [5.41, 5.74) is 8.60. The first kappa shape index (κ1) is 13.6. The van der Waals surface area contributed by atoms with E-state index >= 15 is 0 Å². The van der Waals surface area contributed by atoms with Gasteiger partial charge in [-0.1, -0.05) is 19.1 Å². The number of hydrogen-bond donors (Lipinski definition) is 1. The lowest BCUT2D eigenvalue weighted by Crippen LogP contribution is -2.37. The predicted octanol–water partition coefficient (Wildman–Crippen LogP) is 2.50. The summed E-state index contributed by atoms with van der Waals surface area (Å²) in [4.78, 5) is 4.77. The topological polar surface area (TPSA) is 53.1 Å². The van der Waals surface area contributed by atoms with E-state index in [0.717, 1.165) is 50.2 Å².